The minimum atomic E-state index is -0.385. The molecule has 0 bridgehead atoms. The Labute approximate surface area is 123 Å². The molecule has 0 atom stereocenters. The second kappa shape index (κ2) is 7.28. The molecule has 5 heteroatoms. The minimum Gasteiger partial charge on any atom is -0.492 e. The van der Waals surface area contributed by atoms with Crippen LogP contribution in [0.1, 0.15) is 23.0 Å². The molecule has 0 saturated heterocycles. The Kier molecular flexibility index (Phi) is 5.15. The van der Waals surface area contributed by atoms with Crippen molar-refractivity contribution in [1.82, 2.24) is 4.98 Å². The summed E-state index contributed by atoms with van der Waals surface area (Å²) in [6, 6.07) is 11.2. The van der Waals surface area contributed by atoms with Gasteiger partial charge in [0, 0.05) is 6.20 Å². The number of nitrogens with zero attached hydrogens (tertiary/aromatic N) is 1. The molecule has 0 radical (unpaired) electrons. The van der Waals surface area contributed by atoms with Crippen LogP contribution in [-0.2, 0) is 11.3 Å². The number of carbonyl (C=O) groups excluding carboxylic acids is 1. The van der Waals surface area contributed by atoms with Crippen molar-refractivity contribution in [2.75, 3.05) is 19.0 Å². The first-order valence-electron chi connectivity index (χ1n) is 6.73. The van der Waals surface area contributed by atoms with Gasteiger partial charge in [-0.15, -0.1) is 0 Å². The lowest BCUT2D eigenvalue weighted by molar-refractivity contribution is 0.0600. The van der Waals surface area contributed by atoms with E-state index in [1.807, 2.05) is 31.2 Å². The molecule has 0 aliphatic heterocycles. The number of ether oxygens (including phenoxy) is 2. The maximum absolute atomic E-state index is 11.3. The predicted molar refractivity (Wildman–Crippen MR) is 80.5 cm³/mol. The van der Waals surface area contributed by atoms with E-state index in [-0.39, 0.29) is 5.97 Å². The van der Waals surface area contributed by atoms with E-state index < -0.39 is 0 Å². The molecule has 0 spiro atoms. The van der Waals surface area contributed by atoms with Crippen LogP contribution >= 0.6 is 0 Å². The molecule has 0 aliphatic carbocycles. The van der Waals surface area contributed by atoms with Crippen LogP contribution in [0.5, 0.6) is 5.75 Å². The summed E-state index contributed by atoms with van der Waals surface area (Å²) in [6.45, 7) is 3.11. The molecule has 2 aromatic rings. The number of pyridine rings is 1. The fourth-order valence-corrected chi connectivity index (χ4v) is 1.85. The lowest BCUT2D eigenvalue weighted by atomic mass is 10.2. The summed E-state index contributed by atoms with van der Waals surface area (Å²) in [6.07, 6.45) is 1.51. The molecule has 0 unspecified atom stereocenters. The van der Waals surface area contributed by atoms with Crippen LogP contribution in [0.3, 0.4) is 0 Å². The van der Waals surface area contributed by atoms with Crippen LogP contribution in [-0.4, -0.2) is 24.7 Å². The Hall–Kier alpha value is -2.56. The highest BCUT2D eigenvalue weighted by atomic mass is 16.5. The van der Waals surface area contributed by atoms with Crippen LogP contribution in [0.4, 0.5) is 5.69 Å². The molecule has 1 aromatic heterocycles. The zero-order valence-corrected chi connectivity index (χ0v) is 12.1. The van der Waals surface area contributed by atoms with Crippen LogP contribution in [0, 0.1) is 0 Å². The molecule has 1 N–H and O–H groups in total. The smallest absolute Gasteiger partial charge is 0.339 e. The highest BCUT2D eigenvalue weighted by molar-refractivity contribution is 5.88. The van der Waals surface area contributed by atoms with Gasteiger partial charge in [0.25, 0.3) is 0 Å². The predicted octanol–water partition coefficient (Wildman–Crippen LogP) is 2.88. The van der Waals surface area contributed by atoms with E-state index in [0.29, 0.717) is 18.7 Å². The molecule has 21 heavy (non-hydrogen) atoms. The number of hydrogen-bond donors (Lipinski definition) is 1. The van der Waals surface area contributed by atoms with E-state index >= 15 is 0 Å². The first kappa shape index (κ1) is 14.8. The Morgan fingerprint density at radius 2 is 2.05 bits per heavy atom. The van der Waals surface area contributed by atoms with Crippen LogP contribution < -0.4 is 10.1 Å². The Morgan fingerprint density at radius 3 is 2.71 bits per heavy atom. The molecule has 0 saturated carbocycles. The largest absolute Gasteiger partial charge is 0.492 e. The lowest BCUT2D eigenvalue weighted by Gasteiger charge is -2.11. The standard InChI is InChI=1S/C16H18N2O3/c1-3-21-15-7-5-4-6-14(15)18-11-13-9-8-12(10-17-13)16(19)20-2/h4-10,18H,3,11H2,1-2H3. The van der Waals surface area contributed by atoms with Gasteiger partial charge in [0.2, 0.25) is 0 Å². The molecule has 1 aromatic carbocycles. The van der Waals surface area contributed by atoms with Gasteiger partial charge in [-0.25, -0.2) is 4.79 Å². The van der Waals surface area contributed by atoms with Gasteiger partial charge in [-0.3, -0.25) is 4.98 Å². The summed E-state index contributed by atoms with van der Waals surface area (Å²) in [4.78, 5) is 15.6. The molecule has 1 heterocycles. The fourth-order valence-electron chi connectivity index (χ4n) is 1.85. The van der Waals surface area contributed by atoms with Gasteiger partial charge < -0.3 is 14.8 Å². The molecule has 2 rings (SSSR count). The van der Waals surface area contributed by atoms with Gasteiger partial charge >= 0.3 is 5.97 Å². The van der Waals surface area contributed by atoms with Gasteiger partial charge in [-0.2, -0.15) is 0 Å². The fraction of sp³-hybridized carbons (Fsp3) is 0.250. The maximum atomic E-state index is 11.3. The van der Waals surface area contributed by atoms with E-state index in [2.05, 4.69) is 15.0 Å². The van der Waals surface area contributed by atoms with E-state index in [4.69, 9.17) is 4.74 Å². The Morgan fingerprint density at radius 1 is 1.24 bits per heavy atom. The minimum absolute atomic E-state index is 0.385. The molecule has 5 nitrogen and oxygen atoms in total. The average Bonchev–Trinajstić information content (AvgIpc) is 2.54. The third kappa shape index (κ3) is 3.95. The highest BCUT2D eigenvalue weighted by Crippen LogP contribution is 2.24. The van der Waals surface area contributed by atoms with E-state index in [9.17, 15) is 4.79 Å². The van der Waals surface area contributed by atoms with Gasteiger partial charge in [0.05, 0.1) is 37.2 Å². The topological polar surface area (TPSA) is 60.5 Å². The van der Waals surface area contributed by atoms with Gasteiger partial charge in [0.15, 0.2) is 0 Å². The van der Waals surface area contributed by atoms with Gasteiger partial charge in [0.1, 0.15) is 5.75 Å². The summed E-state index contributed by atoms with van der Waals surface area (Å²) in [5, 5.41) is 3.27. The first-order chi connectivity index (χ1) is 10.2. The maximum Gasteiger partial charge on any atom is 0.339 e. The van der Waals surface area contributed by atoms with Crippen molar-refractivity contribution in [3.63, 3.8) is 0 Å². The van der Waals surface area contributed by atoms with Gasteiger partial charge in [-0.1, -0.05) is 12.1 Å². The average molecular weight is 286 g/mol. The number of aromatic nitrogens is 1. The highest BCUT2D eigenvalue weighted by Gasteiger charge is 2.06. The number of methoxy groups -OCH3 is 1. The molecular weight excluding hydrogens is 268 g/mol. The Balaban J connectivity index is 2.01. The molecule has 0 fully saturated rings. The van der Waals surface area contributed by atoms with E-state index in [1.165, 1.54) is 13.3 Å². The SMILES string of the molecule is CCOc1ccccc1NCc1ccc(C(=O)OC)cn1. The number of esters is 1. The summed E-state index contributed by atoms with van der Waals surface area (Å²) < 4.78 is 10.2. The van der Waals surface area contributed by atoms with Crippen molar-refractivity contribution in [2.45, 2.75) is 13.5 Å². The molecular formula is C16H18N2O3. The first-order valence-corrected chi connectivity index (χ1v) is 6.73. The van der Waals surface area contributed by atoms with Crippen LogP contribution in [0.15, 0.2) is 42.6 Å². The van der Waals surface area contributed by atoms with Crippen molar-refractivity contribution in [3.05, 3.63) is 53.9 Å². The number of para-hydroxylation sites is 2. The number of nitrogens with one attached hydrogen (secondary N) is 1. The van der Waals surface area contributed by atoms with Crippen molar-refractivity contribution >= 4 is 11.7 Å². The van der Waals surface area contributed by atoms with Crippen molar-refractivity contribution in [3.8, 4) is 5.75 Å². The van der Waals surface area contributed by atoms with Crippen molar-refractivity contribution in [1.29, 1.82) is 0 Å². The number of carbonyl (C=O) groups is 1. The number of benzene rings is 1. The number of anilines is 1. The quantitative estimate of drug-likeness (QED) is 0.827. The summed E-state index contributed by atoms with van der Waals surface area (Å²) in [7, 11) is 1.35. The number of rotatable bonds is 6. The van der Waals surface area contributed by atoms with Crippen LogP contribution in [0.2, 0.25) is 0 Å². The third-order valence-corrected chi connectivity index (χ3v) is 2.89. The zero-order chi connectivity index (χ0) is 15.1. The summed E-state index contributed by atoms with van der Waals surface area (Å²) in [5.74, 6) is 0.426. The molecule has 0 amide bonds. The van der Waals surface area contributed by atoms with Crippen LogP contribution in [0.25, 0.3) is 0 Å². The second-order valence-electron chi connectivity index (χ2n) is 4.31. The monoisotopic (exact) mass is 286 g/mol. The Bertz CT molecular complexity index is 597. The number of hydrogen-bond acceptors (Lipinski definition) is 5. The van der Waals surface area contributed by atoms with Crippen molar-refractivity contribution < 1.29 is 14.3 Å². The molecule has 0 aliphatic rings. The third-order valence-electron chi connectivity index (χ3n) is 2.89. The second-order valence-corrected chi connectivity index (χ2v) is 4.31. The lowest BCUT2D eigenvalue weighted by Crippen LogP contribution is -2.06. The molecule has 110 valence electrons. The van der Waals surface area contributed by atoms with Crippen molar-refractivity contribution in [2.24, 2.45) is 0 Å². The normalized spacial score (nSPS) is 10.0. The zero-order valence-electron chi connectivity index (χ0n) is 12.1. The van der Waals surface area contributed by atoms with E-state index in [1.54, 1.807) is 12.1 Å². The van der Waals surface area contributed by atoms with E-state index in [0.717, 1.165) is 17.1 Å². The summed E-state index contributed by atoms with van der Waals surface area (Å²) >= 11 is 0. The summed E-state index contributed by atoms with van der Waals surface area (Å²) in [5.41, 5.74) is 2.18. The van der Waals surface area contributed by atoms with Gasteiger partial charge in [-0.05, 0) is 31.2 Å².